The van der Waals surface area contributed by atoms with Gasteiger partial charge in [-0.25, -0.2) is 4.79 Å². The summed E-state index contributed by atoms with van der Waals surface area (Å²) in [6.07, 6.45) is -5.03. The smallest absolute Gasteiger partial charge is 0.334 e. The second-order valence-electron chi connectivity index (χ2n) is 8.32. The van der Waals surface area contributed by atoms with E-state index in [1.807, 2.05) is 60.7 Å². The van der Waals surface area contributed by atoms with E-state index in [0.29, 0.717) is 6.61 Å². The zero-order valence-electron chi connectivity index (χ0n) is 20.2. The van der Waals surface area contributed by atoms with Crippen molar-refractivity contribution in [3.8, 4) is 0 Å². The zero-order chi connectivity index (χ0) is 25.2. The van der Waals surface area contributed by atoms with E-state index in [-0.39, 0.29) is 19.1 Å². The molecule has 0 bridgehead atoms. The molecule has 1 aliphatic rings. The standard InChI is InChI=1S/C26H33NO8/c1-17(25(30)31-3)34-24-22(27-18(2)28)26(33-15-20-12-8-5-9-13-20)35-21(23(24)29)16-32-14-19-10-6-4-7-11-19/h4-13,17,21-24,26,29H,14-16H2,1-3H3,(H,27,28)/t17-,21?,22?,23+,24?,26-/m1/s1. The SMILES string of the molecule is COC(=O)[C@@H](C)OC1C(NC(C)=O)[C@H](OCc2ccccc2)OC(COCc2ccccc2)[C@@H]1O. The molecule has 190 valence electrons. The van der Waals surface area contributed by atoms with Gasteiger partial charge in [0.2, 0.25) is 5.91 Å². The van der Waals surface area contributed by atoms with Crippen LogP contribution < -0.4 is 5.32 Å². The van der Waals surface area contributed by atoms with Gasteiger partial charge in [0.15, 0.2) is 12.4 Å². The van der Waals surface area contributed by atoms with Crippen molar-refractivity contribution in [3.05, 3.63) is 71.8 Å². The van der Waals surface area contributed by atoms with Gasteiger partial charge in [-0.05, 0) is 18.1 Å². The van der Waals surface area contributed by atoms with Crippen molar-refractivity contribution >= 4 is 11.9 Å². The van der Waals surface area contributed by atoms with Crippen LogP contribution in [0.5, 0.6) is 0 Å². The largest absolute Gasteiger partial charge is 0.467 e. The number of esters is 1. The number of methoxy groups -OCH3 is 1. The van der Waals surface area contributed by atoms with Gasteiger partial charge in [-0.1, -0.05) is 60.7 Å². The highest BCUT2D eigenvalue weighted by Crippen LogP contribution is 2.27. The maximum atomic E-state index is 12.0. The van der Waals surface area contributed by atoms with Crippen LogP contribution in [0.3, 0.4) is 0 Å². The van der Waals surface area contributed by atoms with Crippen LogP contribution in [0, 0.1) is 0 Å². The Bertz CT molecular complexity index is 925. The molecule has 2 aromatic rings. The number of hydrogen-bond acceptors (Lipinski definition) is 8. The normalized spacial score (nSPS) is 25.0. The van der Waals surface area contributed by atoms with Crippen LogP contribution in [-0.2, 0) is 46.5 Å². The number of nitrogens with one attached hydrogen (secondary N) is 1. The molecule has 9 heteroatoms. The number of carbonyl (C=O) groups is 2. The number of rotatable bonds is 11. The molecule has 0 saturated carbocycles. The molecule has 1 amide bonds. The van der Waals surface area contributed by atoms with E-state index in [1.165, 1.54) is 21.0 Å². The van der Waals surface area contributed by atoms with Crippen molar-refractivity contribution in [1.29, 1.82) is 0 Å². The fourth-order valence-corrected chi connectivity index (χ4v) is 3.82. The Morgan fingerprint density at radius 3 is 2.20 bits per heavy atom. The molecule has 0 radical (unpaired) electrons. The van der Waals surface area contributed by atoms with Crippen molar-refractivity contribution in [2.45, 2.75) is 63.8 Å². The predicted octanol–water partition coefficient (Wildman–Crippen LogP) is 1.96. The summed E-state index contributed by atoms with van der Waals surface area (Å²) < 4.78 is 28.5. The van der Waals surface area contributed by atoms with Crippen molar-refractivity contribution in [2.75, 3.05) is 13.7 Å². The monoisotopic (exact) mass is 487 g/mol. The average molecular weight is 488 g/mol. The molecule has 1 heterocycles. The number of aliphatic hydroxyl groups is 1. The van der Waals surface area contributed by atoms with Crippen LogP contribution in [-0.4, -0.2) is 67.4 Å². The summed E-state index contributed by atoms with van der Waals surface area (Å²) in [7, 11) is 1.25. The van der Waals surface area contributed by atoms with Gasteiger partial charge < -0.3 is 34.1 Å². The van der Waals surface area contributed by atoms with Crippen molar-refractivity contribution in [3.63, 3.8) is 0 Å². The van der Waals surface area contributed by atoms with Gasteiger partial charge in [-0.15, -0.1) is 0 Å². The van der Waals surface area contributed by atoms with Crippen LogP contribution in [0.1, 0.15) is 25.0 Å². The minimum atomic E-state index is -1.22. The molecule has 9 nitrogen and oxygen atoms in total. The molecule has 2 aromatic carbocycles. The van der Waals surface area contributed by atoms with Gasteiger partial charge in [0.25, 0.3) is 0 Å². The van der Waals surface area contributed by atoms with E-state index in [4.69, 9.17) is 23.7 Å². The summed E-state index contributed by atoms with van der Waals surface area (Å²) >= 11 is 0. The fraction of sp³-hybridized carbons (Fsp3) is 0.462. The minimum absolute atomic E-state index is 0.0422. The van der Waals surface area contributed by atoms with E-state index in [2.05, 4.69) is 5.32 Å². The van der Waals surface area contributed by atoms with Crippen LogP contribution >= 0.6 is 0 Å². The highest BCUT2D eigenvalue weighted by atomic mass is 16.7. The molecule has 1 fully saturated rings. The first-order chi connectivity index (χ1) is 16.9. The molecular weight excluding hydrogens is 454 g/mol. The molecule has 3 rings (SSSR count). The zero-order valence-corrected chi connectivity index (χ0v) is 20.2. The highest BCUT2D eigenvalue weighted by molar-refractivity contribution is 5.74. The maximum Gasteiger partial charge on any atom is 0.334 e. The number of benzene rings is 2. The van der Waals surface area contributed by atoms with Crippen molar-refractivity contribution in [2.24, 2.45) is 0 Å². The molecule has 6 atom stereocenters. The van der Waals surface area contributed by atoms with E-state index in [1.54, 1.807) is 0 Å². The number of carbonyl (C=O) groups excluding carboxylic acids is 2. The van der Waals surface area contributed by atoms with Gasteiger partial charge in [0, 0.05) is 6.92 Å². The van der Waals surface area contributed by atoms with Gasteiger partial charge in [0.05, 0.1) is 26.9 Å². The van der Waals surface area contributed by atoms with Crippen LogP contribution in [0.15, 0.2) is 60.7 Å². The van der Waals surface area contributed by atoms with Gasteiger partial charge >= 0.3 is 5.97 Å². The predicted molar refractivity (Wildman–Crippen MR) is 126 cm³/mol. The lowest BCUT2D eigenvalue weighted by atomic mass is 9.96. The third kappa shape index (κ3) is 7.84. The molecule has 0 aromatic heterocycles. The molecule has 0 spiro atoms. The van der Waals surface area contributed by atoms with E-state index in [9.17, 15) is 14.7 Å². The van der Waals surface area contributed by atoms with Crippen LogP contribution in [0.25, 0.3) is 0 Å². The Balaban J connectivity index is 1.78. The summed E-state index contributed by atoms with van der Waals surface area (Å²) in [5, 5.41) is 13.9. The fourth-order valence-electron chi connectivity index (χ4n) is 3.82. The summed E-state index contributed by atoms with van der Waals surface area (Å²) in [4.78, 5) is 24.0. The molecule has 3 unspecified atom stereocenters. The minimum Gasteiger partial charge on any atom is -0.467 e. The highest BCUT2D eigenvalue weighted by Gasteiger charge is 2.48. The Morgan fingerprint density at radius 1 is 1.03 bits per heavy atom. The summed E-state index contributed by atoms with van der Waals surface area (Å²) in [6, 6.07) is 18.2. The Morgan fingerprint density at radius 2 is 1.63 bits per heavy atom. The van der Waals surface area contributed by atoms with Crippen molar-refractivity contribution < 1.29 is 38.4 Å². The van der Waals surface area contributed by atoms with Gasteiger partial charge in [0.1, 0.15) is 24.4 Å². The van der Waals surface area contributed by atoms with Gasteiger partial charge in [-0.3, -0.25) is 4.79 Å². The molecule has 1 saturated heterocycles. The molecule has 1 aliphatic heterocycles. The molecule has 0 aliphatic carbocycles. The quantitative estimate of drug-likeness (QED) is 0.463. The summed E-state index contributed by atoms with van der Waals surface area (Å²) in [6.45, 7) is 3.42. The Kier molecular flexibility index (Phi) is 10.2. The second kappa shape index (κ2) is 13.3. The number of ether oxygens (including phenoxy) is 5. The maximum absolute atomic E-state index is 12.0. The lowest BCUT2D eigenvalue weighted by Gasteiger charge is -2.45. The first-order valence-electron chi connectivity index (χ1n) is 11.5. The molecule has 2 N–H and O–H groups in total. The van der Waals surface area contributed by atoms with Crippen molar-refractivity contribution in [1.82, 2.24) is 5.32 Å². The third-order valence-corrected chi connectivity index (χ3v) is 5.59. The van der Waals surface area contributed by atoms with Crippen LogP contribution in [0.4, 0.5) is 0 Å². The Labute approximate surface area is 205 Å². The lowest BCUT2D eigenvalue weighted by Crippen LogP contribution is -2.66. The lowest BCUT2D eigenvalue weighted by molar-refractivity contribution is -0.286. The first-order valence-corrected chi connectivity index (χ1v) is 11.5. The Hall–Kier alpha value is -2.82. The number of hydrogen-bond donors (Lipinski definition) is 2. The second-order valence-corrected chi connectivity index (χ2v) is 8.32. The first kappa shape index (κ1) is 26.8. The van der Waals surface area contributed by atoms with Gasteiger partial charge in [-0.2, -0.15) is 0 Å². The number of aliphatic hydroxyl groups excluding tert-OH is 1. The summed E-state index contributed by atoms with van der Waals surface area (Å²) in [5.41, 5.74) is 1.87. The third-order valence-electron chi connectivity index (χ3n) is 5.59. The van der Waals surface area contributed by atoms with E-state index in [0.717, 1.165) is 11.1 Å². The average Bonchev–Trinajstić information content (AvgIpc) is 2.87. The number of amides is 1. The molecule has 35 heavy (non-hydrogen) atoms. The molecular formula is C26H33NO8. The van der Waals surface area contributed by atoms with E-state index < -0.39 is 42.7 Å². The summed E-state index contributed by atoms with van der Waals surface area (Å²) in [5.74, 6) is -0.971. The van der Waals surface area contributed by atoms with E-state index >= 15 is 0 Å². The topological polar surface area (TPSA) is 113 Å². The van der Waals surface area contributed by atoms with Crippen LogP contribution in [0.2, 0.25) is 0 Å².